The van der Waals surface area contributed by atoms with Gasteiger partial charge in [-0.1, -0.05) is 76.4 Å². The second kappa shape index (κ2) is 11.0. The Labute approximate surface area is 218 Å². The topological polar surface area (TPSA) is 93.4 Å². The van der Waals surface area contributed by atoms with Crippen LogP contribution in [0.25, 0.3) is 0 Å². The van der Waals surface area contributed by atoms with Crippen LogP contribution in [-0.2, 0) is 16.1 Å². The largest absolute Gasteiger partial charge is 0.480 e. The van der Waals surface area contributed by atoms with Gasteiger partial charge in [0, 0.05) is 24.4 Å². The summed E-state index contributed by atoms with van der Waals surface area (Å²) in [6.07, 6.45) is 4.63. The predicted octanol–water partition coefficient (Wildman–Crippen LogP) is 5.43. The van der Waals surface area contributed by atoms with E-state index in [0.29, 0.717) is 6.54 Å². The Bertz CT molecular complexity index is 1160. The third kappa shape index (κ3) is 5.55. The summed E-state index contributed by atoms with van der Waals surface area (Å²) in [7, 11) is 0. The van der Waals surface area contributed by atoms with E-state index >= 15 is 0 Å². The Kier molecular flexibility index (Phi) is 7.99. The van der Waals surface area contributed by atoms with Crippen molar-refractivity contribution < 1.29 is 19.1 Å². The lowest BCUT2D eigenvalue weighted by Crippen LogP contribution is -2.49. The van der Waals surface area contributed by atoms with Gasteiger partial charge in [-0.2, -0.15) is 5.26 Å². The molecule has 0 unspecified atom stereocenters. The molecule has 196 valence electrons. The fourth-order valence-electron chi connectivity index (χ4n) is 6.29. The molecule has 2 aromatic rings. The van der Waals surface area contributed by atoms with Crippen LogP contribution < -0.4 is 5.32 Å². The molecule has 2 fully saturated rings. The van der Waals surface area contributed by atoms with Gasteiger partial charge in [0.25, 0.3) is 0 Å². The molecule has 2 aromatic carbocycles. The minimum atomic E-state index is -0.997. The molecule has 6 nitrogen and oxygen atoms in total. The van der Waals surface area contributed by atoms with Crippen molar-refractivity contribution in [1.82, 2.24) is 10.2 Å². The van der Waals surface area contributed by atoms with Gasteiger partial charge in [0.2, 0.25) is 5.91 Å². The summed E-state index contributed by atoms with van der Waals surface area (Å²) < 4.78 is 13.9. The van der Waals surface area contributed by atoms with E-state index in [1.54, 1.807) is 11.0 Å². The Morgan fingerprint density at radius 3 is 2.38 bits per heavy atom. The van der Waals surface area contributed by atoms with Crippen LogP contribution in [0.4, 0.5) is 4.39 Å². The first-order chi connectivity index (χ1) is 17.6. The van der Waals surface area contributed by atoms with Gasteiger partial charge in [-0.05, 0) is 41.5 Å². The molecule has 1 aliphatic carbocycles. The number of nitrogens with zero attached hydrogens (tertiary/aromatic N) is 2. The number of nitrogens with one attached hydrogen (secondary N) is 1. The normalized spacial score (nSPS) is 24.6. The highest BCUT2D eigenvalue weighted by Crippen LogP contribution is 2.49. The molecule has 0 radical (unpaired) electrons. The van der Waals surface area contributed by atoms with E-state index in [0.717, 1.165) is 43.2 Å². The Hall–Kier alpha value is -3.24. The maximum absolute atomic E-state index is 14.1. The fourth-order valence-corrected chi connectivity index (χ4v) is 6.29. The Morgan fingerprint density at radius 1 is 1.11 bits per heavy atom. The van der Waals surface area contributed by atoms with Crippen molar-refractivity contribution >= 4 is 11.9 Å². The summed E-state index contributed by atoms with van der Waals surface area (Å²) in [5.41, 5.74) is 1.14. The van der Waals surface area contributed by atoms with Gasteiger partial charge < -0.3 is 15.3 Å². The number of rotatable bonds is 6. The number of nitriles is 1. The minimum Gasteiger partial charge on any atom is -0.480 e. The summed E-state index contributed by atoms with van der Waals surface area (Å²) in [6, 6.07) is 14.1. The van der Waals surface area contributed by atoms with E-state index in [-0.39, 0.29) is 23.4 Å². The van der Waals surface area contributed by atoms with Crippen LogP contribution in [0.15, 0.2) is 48.5 Å². The van der Waals surface area contributed by atoms with Crippen molar-refractivity contribution in [2.75, 3.05) is 0 Å². The monoisotopic (exact) mass is 505 g/mol. The number of hydrogen-bond donors (Lipinski definition) is 2. The van der Waals surface area contributed by atoms with Crippen LogP contribution >= 0.6 is 0 Å². The van der Waals surface area contributed by atoms with Gasteiger partial charge in [0.05, 0.1) is 11.6 Å². The average molecular weight is 506 g/mol. The molecule has 37 heavy (non-hydrogen) atoms. The number of carbonyl (C=O) groups is 2. The van der Waals surface area contributed by atoms with E-state index in [9.17, 15) is 24.3 Å². The second-order valence-corrected chi connectivity index (χ2v) is 11.4. The first-order valence-electron chi connectivity index (χ1n) is 13.2. The van der Waals surface area contributed by atoms with Gasteiger partial charge in [-0.15, -0.1) is 0 Å². The highest BCUT2D eigenvalue weighted by Gasteiger charge is 2.58. The van der Waals surface area contributed by atoms with Gasteiger partial charge in [-0.25, -0.2) is 9.18 Å². The molecule has 2 N–H and O–H groups in total. The highest BCUT2D eigenvalue weighted by molar-refractivity contribution is 5.87. The Balaban J connectivity index is 1.79. The summed E-state index contributed by atoms with van der Waals surface area (Å²) in [5, 5.41) is 23.3. The number of aliphatic carboxylic acids is 1. The van der Waals surface area contributed by atoms with Gasteiger partial charge >= 0.3 is 5.97 Å². The van der Waals surface area contributed by atoms with Crippen LogP contribution in [0.2, 0.25) is 0 Å². The summed E-state index contributed by atoms with van der Waals surface area (Å²) in [4.78, 5) is 28.6. The molecule has 1 aliphatic heterocycles. The molecule has 1 saturated carbocycles. The molecule has 1 saturated heterocycles. The van der Waals surface area contributed by atoms with Crippen molar-refractivity contribution in [3.63, 3.8) is 0 Å². The standard InChI is InChI=1S/C30H36FN3O3/c1-30(2,3)24-25(33-18-19-14-15-23(31)22(16-19)17-32)26(20-10-6-4-7-11-20)34(27(24)29(36)37)28(35)21-12-8-5-9-13-21/h4,6-7,10-11,14-16,21,24-27,33H,5,8-9,12-13,18H2,1-3H3,(H,36,37)/t24-,25-,26-,27-/m0/s1. The number of halogens is 1. The van der Waals surface area contributed by atoms with Gasteiger partial charge in [0.15, 0.2) is 0 Å². The van der Waals surface area contributed by atoms with Crippen LogP contribution in [0.5, 0.6) is 0 Å². The van der Waals surface area contributed by atoms with E-state index < -0.39 is 35.2 Å². The van der Waals surface area contributed by atoms with Crippen LogP contribution in [0.1, 0.15) is 75.6 Å². The number of carboxylic acids is 1. The lowest BCUT2D eigenvalue weighted by atomic mass is 9.72. The van der Waals surface area contributed by atoms with Gasteiger partial charge in [0.1, 0.15) is 17.9 Å². The van der Waals surface area contributed by atoms with Gasteiger partial charge in [-0.3, -0.25) is 4.79 Å². The summed E-state index contributed by atoms with van der Waals surface area (Å²) >= 11 is 0. The number of carbonyl (C=O) groups excluding carboxylic acids is 1. The van der Waals surface area contributed by atoms with Crippen molar-refractivity contribution in [2.45, 2.75) is 77.5 Å². The average Bonchev–Trinajstić information content (AvgIpc) is 3.25. The number of likely N-dealkylation sites (tertiary alicyclic amines) is 1. The SMILES string of the molecule is CC(C)(C)[C@H]1[C@H](NCc2ccc(F)c(C#N)c2)[C@H](c2ccccc2)N(C(=O)C2CCCCC2)[C@@H]1C(=O)O. The fraction of sp³-hybridized carbons (Fsp3) is 0.500. The molecule has 1 heterocycles. The molecule has 0 spiro atoms. The first-order valence-corrected chi connectivity index (χ1v) is 13.2. The Morgan fingerprint density at radius 2 is 1.78 bits per heavy atom. The van der Waals surface area contributed by atoms with Crippen LogP contribution in [-0.4, -0.2) is 34.0 Å². The smallest absolute Gasteiger partial charge is 0.326 e. The lowest BCUT2D eigenvalue weighted by Gasteiger charge is -2.36. The van der Waals surface area contributed by atoms with E-state index in [1.165, 1.54) is 12.1 Å². The molecule has 7 heteroatoms. The van der Waals surface area contributed by atoms with Crippen molar-refractivity contribution in [3.8, 4) is 6.07 Å². The lowest BCUT2D eigenvalue weighted by molar-refractivity contribution is -0.154. The number of carboxylic acid groups (broad SMARTS) is 1. The molecular weight excluding hydrogens is 469 g/mol. The van der Waals surface area contributed by atoms with Crippen molar-refractivity contribution in [2.24, 2.45) is 17.3 Å². The molecule has 1 amide bonds. The third-order valence-electron chi connectivity index (χ3n) is 7.96. The quantitative estimate of drug-likeness (QED) is 0.546. The summed E-state index contributed by atoms with van der Waals surface area (Å²) in [6.45, 7) is 6.37. The van der Waals surface area contributed by atoms with E-state index in [1.807, 2.05) is 57.2 Å². The van der Waals surface area contributed by atoms with Crippen molar-refractivity contribution in [1.29, 1.82) is 5.26 Å². The maximum Gasteiger partial charge on any atom is 0.326 e. The number of benzene rings is 2. The zero-order chi connectivity index (χ0) is 26.7. The first kappa shape index (κ1) is 26.8. The van der Waals surface area contributed by atoms with Crippen molar-refractivity contribution in [3.05, 3.63) is 71.0 Å². The van der Waals surface area contributed by atoms with E-state index in [2.05, 4.69) is 5.32 Å². The van der Waals surface area contributed by atoms with Crippen LogP contribution in [0.3, 0.4) is 0 Å². The predicted molar refractivity (Wildman–Crippen MR) is 139 cm³/mol. The molecule has 0 aromatic heterocycles. The molecule has 2 aliphatic rings. The second-order valence-electron chi connectivity index (χ2n) is 11.4. The van der Waals surface area contributed by atoms with Crippen LogP contribution in [0, 0.1) is 34.4 Å². The zero-order valence-corrected chi connectivity index (χ0v) is 21.8. The molecule has 4 atom stereocenters. The molecule has 4 rings (SSSR count). The number of hydrogen-bond acceptors (Lipinski definition) is 4. The third-order valence-corrected chi connectivity index (χ3v) is 7.96. The molecule has 0 bridgehead atoms. The molecular formula is C30H36FN3O3. The summed E-state index contributed by atoms with van der Waals surface area (Å²) in [5.74, 6) is -2.21. The number of amides is 1. The van der Waals surface area contributed by atoms with E-state index in [4.69, 9.17) is 0 Å². The highest BCUT2D eigenvalue weighted by atomic mass is 19.1. The minimum absolute atomic E-state index is 0.0322. The maximum atomic E-state index is 14.1. The zero-order valence-electron chi connectivity index (χ0n) is 21.8.